The summed E-state index contributed by atoms with van der Waals surface area (Å²) in [5, 5.41) is 13.2. The molecule has 0 atom stereocenters. The molecule has 0 bridgehead atoms. The van der Waals surface area contributed by atoms with Crippen molar-refractivity contribution < 1.29 is 9.84 Å². The van der Waals surface area contributed by atoms with Crippen LogP contribution < -0.4 is 10.1 Å². The van der Waals surface area contributed by atoms with Gasteiger partial charge in [-0.1, -0.05) is 19.4 Å². The SMILES string of the molecule is CCC1CCC(NCc2ccc(O)c(OC)c2)CC1. The third kappa shape index (κ3) is 3.87. The molecule has 0 unspecified atom stereocenters. The van der Waals surface area contributed by atoms with E-state index in [-0.39, 0.29) is 5.75 Å². The molecular formula is C16H25NO2. The number of ether oxygens (including phenoxy) is 1. The number of hydrogen-bond donors (Lipinski definition) is 2. The molecule has 106 valence electrons. The van der Waals surface area contributed by atoms with E-state index in [0.29, 0.717) is 11.8 Å². The highest BCUT2D eigenvalue weighted by molar-refractivity contribution is 5.41. The second kappa shape index (κ2) is 6.80. The zero-order valence-electron chi connectivity index (χ0n) is 12.0. The van der Waals surface area contributed by atoms with E-state index in [4.69, 9.17) is 4.74 Å². The number of rotatable bonds is 5. The standard InChI is InChI=1S/C16H25NO2/c1-3-12-4-7-14(8-5-12)17-11-13-6-9-15(18)16(10-13)19-2/h6,9-10,12,14,17-18H,3-5,7-8,11H2,1-2H3. The van der Waals surface area contributed by atoms with Gasteiger partial charge in [0.05, 0.1) is 7.11 Å². The Balaban J connectivity index is 1.82. The largest absolute Gasteiger partial charge is 0.504 e. The minimum Gasteiger partial charge on any atom is -0.504 e. The quantitative estimate of drug-likeness (QED) is 0.855. The average molecular weight is 263 g/mol. The second-order valence-corrected chi connectivity index (χ2v) is 5.51. The minimum absolute atomic E-state index is 0.203. The summed E-state index contributed by atoms with van der Waals surface area (Å²) >= 11 is 0. The molecule has 19 heavy (non-hydrogen) atoms. The number of phenols is 1. The maximum Gasteiger partial charge on any atom is 0.160 e. The lowest BCUT2D eigenvalue weighted by atomic mass is 9.84. The van der Waals surface area contributed by atoms with Crippen molar-refractivity contribution >= 4 is 0 Å². The van der Waals surface area contributed by atoms with Crippen molar-refractivity contribution in [3.8, 4) is 11.5 Å². The summed E-state index contributed by atoms with van der Waals surface area (Å²) in [6.45, 7) is 3.14. The topological polar surface area (TPSA) is 41.5 Å². The lowest BCUT2D eigenvalue weighted by Crippen LogP contribution is -2.32. The van der Waals surface area contributed by atoms with Crippen LogP contribution in [-0.4, -0.2) is 18.3 Å². The first-order valence-corrected chi connectivity index (χ1v) is 7.32. The van der Waals surface area contributed by atoms with Gasteiger partial charge in [0, 0.05) is 12.6 Å². The minimum atomic E-state index is 0.203. The first-order chi connectivity index (χ1) is 9.22. The Morgan fingerprint density at radius 2 is 2.00 bits per heavy atom. The van der Waals surface area contributed by atoms with Crippen molar-refractivity contribution in [3.05, 3.63) is 23.8 Å². The zero-order valence-corrected chi connectivity index (χ0v) is 12.0. The summed E-state index contributed by atoms with van der Waals surface area (Å²) in [4.78, 5) is 0. The Morgan fingerprint density at radius 3 is 2.63 bits per heavy atom. The summed E-state index contributed by atoms with van der Waals surface area (Å²) in [5.74, 6) is 1.69. The Bertz CT molecular complexity index is 398. The van der Waals surface area contributed by atoms with Gasteiger partial charge in [0.2, 0.25) is 0 Å². The summed E-state index contributed by atoms with van der Waals surface area (Å²) < 4.78 is 5.13. The summed E-state index contributed by atoms with van der Waals surface area (Å²) in [6.07, 6.45) is 6.60. The van der Waals surface area contributed by atoms with E-state index in [0.717, 1.165) is 18.0 Å². The molecule has 0 aliphatic heterocycles. The van der Waals surface area contributed by atoms with Crippen LogP contribution in [0.15, 0.2) is 18.2 Å². The number of aromatic hydroxyl groups is 1. The molecule has 1 aliphatic carbocycles. The highest BCUT2D eigenvalue weighted by Crippen LogP contribution is 2.28. The smallest absolute Gasteiger partial charge is 0.160 e. The Labute approximate surface area is 116 Å². The van der Waals surface area contributed by atoms with Crippen LogP contribution in [0, 0.1) is 5.92 Å². The molecule has 1 fully saturated rings. The monoisotopic (exact) mass is 263 g/mol. The molecule has 0 amide bonds. The van der Waals surface area contributed by atoms with Gasteiger partial charge in [-0.05, 0) is 49.3 Å². The van der Waals surface area contributed by atoms with Gasteiger partial charge in [0.25, 0.3) is 0 Å². The number of phenolic OH excluding ortho intramolecular Hbond substituents is 1. The number of nitrogens with one attached hydrogen (secondary N) is 1. The molecule has 3 nitrogen and oxygen atoms in total. The van der Waals surface area contributed by atoms with Crippen LogP contribution in [0.3, 0.4) is 0 Å². The van der Waals surface area contributed by atoms with Crippen LogP contribution >= 0.6 is 0 Å². The molecule has 0 aromatic heterocycles. The fraction of sp³-hybridized carbons (Fsp3) is 0.625. The summed E-state index contributed by atoms with van der Waals surface area (Å²) in [7, 11) is 1.58. The summed E-state index contributed by atoms with van der Waals surface area (Å²) in [6, 6.07) is 6.19. The van der Waals surface area contributed by atoms with Crippen molar-refractivity contribution in [1.29, 1.82) is 0 Å². The third-order valence-corrected chi connectivity index (χ3v) is 4.26. The molecule has 1 aromatic carbocycles. The third-order valence-electron chi connectivity index (χ3n) is 4.26. The van der Waals surface area contributed by atoms with Crippen LogP contribution in [0.5, 0.6) is 11.5 Å². The van der Waals surface area contributed by atoms with Crippen molar-refractivity contribution in [1.82, 2.24) is 5.32 Å². The van der Waals surface area contributed by atoms with E-state index in [1.165, 1.54) is 32.1 Å². The second-order valence-electron chi connectivity index (χ2n) is 5.51. The van der Waals surface area contributed by atoms with Crippen LogP contribution in [-0.2, 0) is 6.54 Å². The van der Waals surface area contributed by atoms with E-state index >= 15 is 0 Å². The highest BCUT2D eigenvalue weighted by atomic mass is 16.5. The molecular weight excluding hydrogens is 238 g/mol. The number of hydrogen-bond acceptors (Lipinski definition) is 3. The van der Waals surface area contributed by atoms with Gasteiger partial charge in [-0.2, -0.15) is 0 Å². The van der Waals surface area contributed by atoms with Gasteiger partial charge in [-0.3, -0.25) is 0 Å². The Hall–Kier alpha value is -1.22. The molecule has 0 heterocycles. The predicted molar refractivity (Wildman–Crippen MR) is 77.5 cm³/mol. The van der Waals surface area contributed by atoms with Crippen molar-refractivity contribution in [3.63, 3.8) is 0 Å². The molecule has 0 saturated heterocycles. The van der Waals surface area contributed by atoms with Crippen molar-refractivity contribution in [2.45, 2.75) is 51.6 Å². The van der Waals surface area contributed by atoms with Gasteiger partial charge in [-0.15, -0.1) is 0 Å². The first kappa shape index (κ1) is 14.2. The number of benzene rings is 1. The molecule has 1 aromatic rings. The van der Waals surface area contributed by atoms with E-state index in [9.17, 15) is 5.11 Å². The zero-order chi connectivity index (χ0) is 13.7. The lowest BCUT2D eigenvalue weighted by Gasteiger charge is -2.28. The van der Waals surface area contributed by atoms with Gasteiger partial charge in [-0.25, -0.2) is 0 Å². The van der Waals surface area contributed by atoms with Gasteiger partial charge in [0.1, 0.15) is 0 Å². The molecule has 0 radical (unpaired) electrons. The molecule has 1 saturated carbocycles. The van der Waals surface area contributed by atoms with Crippen molar-refractivity contribution in [2.75, 3.05) is 7.11 Å². The Kier molecular flexibility index (Phi) is 5.08. The Morgan fingerprint density at radius 1 is 1.26 bits per heavy atom. The van der Waals surface area contributed by atoms with E-state index in [1.807, 2.05) is 12.1 Å². The molecule has 2 rings (SSSR count). The van der Waals surface area contributed by atoms with Gasteiger partial charge >= 0.3 is 0 Å². The van der Waals surface area contributed by atoms with Crippen molar-refractivity contribution in [2.24, 2.45) is 5.92 Å². The van der Waals surface area contributed by atoms with E-state index < -0.39 is 0 Å². The number of methoxy groups -OCH3 is 1. The van der Waals surface area contributed by atoms with Gasteiger partial charge in [0.15, 0.2) is 11.5 Å². The maximum atomic E-state index is 9.56. The highest BCUT2D eigenvalue weighted by Gasteiger charge is 2.19. The van der Waals surface area contributed by atoms with Crippen LogP contribution in [0.1, 0.15) is 44.6 Å². The fourth-order valence-electron chi connectivity index (χ4n) is 2.87. The molecule has 1 aliphatic rings. The fourth-order valence-corrected chi connectivity index (χ4v) is 2.87. The predicted octanol–water partition coefficient (Wildman–Crippen LogP) is 3.46. The molecule has 3 heteroatoms. The van der Waals surface area contributed by atoms with Crippen LogP contribution in [0.4, 0.5) is 0 Å². The lowest BCUT2D eigenvalue weighted by molar-refractivity contribution is 0.285. The van der Waals surface area contributed by atoms with Crippen LogP contribution in [0.2, 0.25) is 0 Å². The van der Waals surface area contributed by atoms with E-state index in [1.54, 1.807) is 13.2 Å². The maximum absolute atomic E-state index is 9.56. The average Bonchev–Trinajstić information content (AvgIpc) is 2.47. The first-order valence-electron chi connectivity index (χ1n) is 7.32. The summed E-state index contributed by atoms with van der Waals surface area (Å²) in [5.41, 5.74) is 1.16. The van der Waals surface area contributed by atoms with Crippen LogP contribution in [0.25, 0.3) is 0 Å². The normalized spacial score (nSPS) is 23.3. The molecule has 2 N–H and O–H groups in total. The van der Waals surface area contributed by atoms with Gasteiger partial charge < -0.3 is 15.2 Å². The molecule has 0 spiro atoms. The van der Waals surface area contributed by atoms with E-state index in [2.05, 4.69) is 12.2 Å².